The summed E-state index contributed by atoms with van der Waals surface area (Å²) in [6.45, 7) is 8.62. The fraction of sp³-hybridized carbons (Fsp3) is 0.577. The Balaban J connectivity index is 1.73. The smallest absolute Gasteiger partial charge is 0.410 e. The Morgan fingerprint density at radius 3 is 2.53 bits per heavy atom. The molecule has 1 fully saturated rings. The molecule has 34 heavy (non-hydrogen) atoms. The van der Waals surface area contributed by atoms with Crippen molar-refractivity contribution in [3.63, 3.8) is 0 Å². The maximum Gasteiger partial charge on any atom is 0.410 e. The van der Waals surface area contributed by atoms with Gasteiger partial charge in [0.05, 0.1) is 29.7 Å². The molecule has 0 radical (unpaired) electrons. The minimum atomic E-state index is -0.623. The number of halogens is 1. The number of aryl methyl sites for hydroxylation is 1. The minimum Gasteiger partial charge on any atom is -0.497 e. The van der Waals surface area contributed by atoms with E-state index in [1.807, 2.05) is 45.9 Å². The van der Waals surface area contributed by atoms with E-state index < -0.39 is 11.0 Å². The number of carbonyl (C=O) groups is 2. The molecule has 0 unspecified atom stereocenters. The standard InChI is InChI=1S/C26H35ClN2O5/c1-6-33-23(30)26(12-14-29(15-13-26)24(31)34-25(2,3)4)11-7-8-19-20-16-18(32-5)9-10-22(20)28-17-21(19)27/h9-10,16-17H,6-8,11-15H2,1-5H3. The molecule has 1 amide bonds. The number of hydrogen-bond donors (Lipinski definition) is 0. The molecule has 0 atom stereocenters. The molecule has 1 saturated heterocycles. The number of benzene rings is 1. The summed E-state index contributed by atoms with van der Waals surface area (Å²) >= 11 is 6.52. The molecule has 0 bridgehead atoms. The summed E-state index contributed by atoms with van der Waals surface area (Å²) in [6.07, 6.45) is 4.52. The van der Waals surface area contributed by atoms with E-state index in [0.717, 1.165) is 28.6 Å². The molecule has 3 rings (SSSR count). The van der Waals surface area contributed by atoms with Crippen molar-refractivity contribution in [2.75, 3.05) is 26.8 Å². The van der Waals surface area contributed by atoms with Gasteiger partial charge in [-0.15, -0.1) is 0 Å². The van der Waals surface area contributed by atoms with Gasteiger partial charge in [-0.05, 0) is 83.6 Å². The molecule has 1 aromatic carbocycles. The Labute approximate surface area is 206 Å². The van der Waals surface area contributed by atoms with Gasteiger partial charge in [0.1, 0.15) is 11.4 Å². The Morgan fingerprint density at radius 2 is 1.91 bits per heavy atom. The molecule has 0 aliphatic carbocycles. The van der Waals surface area contributed by atoms with E-state index in [0.29, 0.717) is 50.4 Å². The first kappa shape index (κ1) is 26.1. The van der Waals surface area contributed by atoms with Crippen LogP contribution in [0.15, 0.2) is 24.4 Å². The number of ether oxygens (including phenoxy) is 3. The zero-order valence-corrected chi connectivity index (χ0v) is 21.5. The molecule has 0 N–H and O–H groups in total. The number of methoxy groups -OCH3 is 1. The summed E-state index contributed by atoms with van der Waals surface area (Å²) in [4.78, 5) is 31.6. The Bertz CT molecular complexity index is 1030. The third-order valence-corrected chi connectivity index (χ3v) is 6.62. The highest BCUT2D eigenvalue weighted by atomic mass is 35.5. The molecule has 1 aliphatic rings. The van der Waals surface area contributed by atoms with E-state index in [4.69, 9.17) is 25.8 Å². The number of fused-ring (bicyclic) bond motifs is 1. The molecule has 2 aromatic rings. The van der Waals surface area contributed by atoms with Crippen molar-refractivity contribution in [1.29, 1.82) is 0 Å². The van der Waals surface area contributed by atoms with Crippen LogP contribution in [-0.4, -0.2) is 54.4 Å². The van der Waals surface area contributed by atoms with Crippen LogP contribution >= 0.6 is 11.6 Å². The van der Waals surface area contributed by atoms with Gasteiger partial charge in [0.25, 0.3) is 0 Å². The molecule has 7 nitrogen and oxygen atoms in total. The molecule has 8 heteroatoms. The van der Waals surface area contributed by atoms with Gasteiger partial charge in [-0.2, -0.15) is 0 Å². The topological polar surface area (TPSA) is 78.0 Å². The van der Waals surface area contributed by atoms with E-state index in [-0.39, 0.29) is 12.1 Å². The molecular weight excluding hydrogens is 456 g/mol. The second-order valence-electron chi connectivity index (χ2n) is 9.79. The van der Waals surface area contributed by atoms with Crippen LogP contribution in [0.4, 0.5) is 4.79 Å². The Morgan fingerprint density at radius 1 is 1.21 bits per heavy atom. The summed E-state index contributed by atoms with van der Waals surface area (Å²) in [5.41, 5.74) is 0.672. The summed E-state index contributed by atoms with van der Waals surface area (Å²) in [5, 5.41) is 1.56. The van der Waals surface area contributed by atoms with Crippen molar-refractivity contribution in [2.45, 2.75) is 65.4 Å². The quantitative estimate of drug-likeness (QED) is 0.456. The molecule has 0 saturated carbocycles. The number of likely N-dealkylation sites (tertiary alicyclic amines) is 1. The predicted molar refractivity (Wildman–Crippen MR) is 132 cm³/mol. The molecule has 1 aromatic heterocycles. The summed E-state index contributed by atoms with van der Waals surface area (Å²) in [6, 6.07) is 5.74. The number of rotatable bonds is 7. The maximum absolute atomic E-state index is 13.0. The van der Waals surface area contributed by atoms with Crippen LogP contribution in [0.5, 0.6) is 5.75 Å². The van der Waals surface area contributed by atoms with Crippen LogP contribution in [-0.2, 0) is 20.7 Å². The van der Waals surface area contributed by atoms with Crippen LogP contribution in [0.1, 0.15) is 58.9 Å². The Kier molecular flexibility index (Phi) is 8.29. The van der Waals surface area contributed by atoms with Crippen LogP contribution in [0.2, 0.25) is 5.02 Å². The fourth-order valence-corrected chi connectivity index (χ4v) is 4.72. The van der Waals surface area contributed by atoms with E-state index >= 15 is 0 Å². The van der Waals surface area contributed by atoms with Gasteiger partial charge in [0.2, 0.25) is 0 Å². The van der Waals surface area contributed by atoms with Crippen LogP contribution in [0, 0.1) is 5.41 Å². The largest absolute Gasteiger partial charge is 0.497 e. The maximum atomic E-state index is 13.0. The molecule has 0 spiro atoms. The minimum absolute atomic E-state index is 0.189. The highest BCUT2D eigenvalue weighted by Crippen LogP contribution is 2.39. The van der Waals surface area contributed by atoms with Crippen LogP contribution < -0.4 is 4.74 Å². The number of aromatic nitrogens is 1. The number of amides is 1. The second kappa shape index (κ2) is 10.8. The van der Waals surface area contributed by atoms with E-state index in [1.165, 1.54) is 0 Å². The van der Waals surface area contributed by atoms with Crippen molar-refractivity contribution < 1.29 is 23.8 Å². The summed E-state index contributed by atoms with van der Waals surface area (Å²) in [7, 11) is 1.63. The average Bonchev–Trinajstić information content (AvgIpc) is 2.79. The SMILES string of the molecule is CCOC(=O)C1(CCCc2c(Cl)cnc3ccc(OC)cc23)CCN(C(=O)OC(C)(C)C)CC1. The monoisotopic (exact) mass is 490 g/mol. The summed E-state index contributed by atoms with van der Waals surface area (Å²) in [5.74, 6) is 0.557. The lowest BCUT2D eigenvalue weighted by atomic mass is 9.74. The lowest BCUT2D eigenvalue weighted by molar-refractivity contribution is -0.159. The third kappa shape index (κ3) is 6.12. The van der Waals surface area contributed by atoms with E-state index in [1.54, 1.807) is 18.2 Å². The second-order valence-corrected chi connectivity index (χ2v) is 10.2. The van der Waals surface area contributed by atoms with E-state index in [9.17, 15) is 9.59 Å². The first-order valence-corrected chi connectivity index (χ1v) is 12.2. The highest BCUT2D eigenvalue weighted by molar-refractivity contribution is 6.32. The number of pyridine rings is 1. The number of piperidine rings is 1. The predicted octanol–water partition coefficient (Wildman–Crippen LogP) is 5.80. The van der Waals surface area contributed by atoms with E-state index in [2.05, 4.69) is 4.98 Å². The lowest BCUT2D eigenvalue weighted by Crippen LogP contribution is -2.48. The fourth-order valence-electron chi connectivity index (χ4n) is 4.47. The first-order chi connectivity index (χ1) is 16.1. The lowest BCUT2D eigenvalue weighted by Gasteiger charge is -2.40. The van der Waals surface area contributed by atoms with Crippen molar-refractivity contribution in [3.05, 3.63) is 35.0 Å². The van der Waals surface area contributed by atoms with Crippen LogP contribution in [0.25, 0.3) is 10.9 Å². The van der Waals surface area contributed by atoms with Crippen molar-refractivity contribution in [1.82, 2.24) is 9.88 Å². The average molecular weight is 491 g/mol. The summed E-state index contributed by atoms with van der Waals surface area (Å²) < 4.78 is 16.3. The van der Waals surface area contributed by atoms with Crippen molar-refractivity contribution in [2.24, 2.45) is 5.41 Å². The van der Waals surface area contributed by atoms with Gasteiger partial charge in [-0.3, -0.25) is 9.78 Å². The van der Waals surface area contributed by atoms with Crippen molar-refractivity contribution >= 4 is 34.6 Å². The highest BCUT2D eigenvalue weighted by Gasteiger charge is 2.43. The molecular formula is C26H35ClN2O5. The first-order valence-electron chi connectivity index (χ1n) is 11.8. The van der Waals surface area contributed by atoms with Gasteiger partial charge >= 0.3 is 12.1 Å². The van der Waals surface area contributed by atoms with Gasteiger partial charge in [-0.1, -0.05) is 11.6 Å². The number of nitrogens with zero attached hydrogens (tertiary/aromatic N) is 2. The number of esters is 1. The normalized spacial score (nSPS) is 15.8. The van der Waals surface area contributed by atoms with Gasteiger partial charge in [-0.25, -0.2) is 4.79 Å². The molecule has 2 heterocycles. The molecule has 1 aliphatic heterocycles. The van der Waals surface area contributed by atoms with Gasteiger partial charge in [0.15, 0.2) is 0 Å². The molecule has 186 valence electrons. The number of hydrogen-bond acceptors (Lipinski definition) is 6. The third-order valence-electron chi connectivity index (χ3n) is 6.30. The zero-order valence-electron chi connectivity index (χ0n) is 20.8. The van der Waals surface area contributed by atoms with Gasteiger partial charge in [0, 0.05) is 24.7 Å². The van der Waals surface area contributed by atoms with Gasteiger partial charge < -0.3 is 19.1 Å². The van der Waals surface area contributed by atoms with Crippen molar-refractivity contribution in [3.8, 4) is 5.75 Å². The zero-order chi connectivity index (χ0) is 24.9. The van der Waals surface area contributed by atoms with Crippen LogP contribution in [0.3, 0.4) is 0 Å². The number of carbonyl (C=O) groups excluding carboxylic acids is 2. The Hall–Kier alpha value is -2.54.